The molecule has 3 rings (SSSR count). The second kappa shape index (κ2) is 3.91. The summed E-state index contributed by atoms with van der Waals surface area (Å²) in [5.74, 6) is 0.310. The Morgan fingerprint density at radius 3 is 2.44 bits per heavy atom. The van der Waals surface area contributed by atoms with Crippen LogP contribution in [0.25, 0.3) is 22.0 Å². The molecule has 0 radical (unpaired) electrons. The van der Waals surface area contributed by atoms with E-state index in [9.17, 15) is 5.11 Å². The largest absolute Gasteiger partial charge is 0.508 e. The molecule has 0 aliphatic heterocycles. The summed E-state index contributed by atoms with van der Waals surface area (Å²) in [7, 11) is 2.06. The summed E-state index contributed by atoms with van der Waals surface area (Å²) in [5, 5.41) is 10.8. The van der Waals surface area contributed by atoms with Crippen molar-refractivity contribution < 1.29 is 5.11 Å². The molecule has 90 valence electrons. The van der Waals surface area contributed by atoms with Gasteiger partial charge in [-0.2, -0.15) is 0 Å². The predicted octanol–water partition coefficient (Wildman–Crippen LogP) is 3.86. The molecule has 1 N–H and O–H groups in total. The predicted molar refractivity (Wildman–Crippen MR) is 74.8 cm³/mol. The Labute approximate surface area is 106 Å². The van der Waals surface area contributed by atoms with E-state index in [1.807, 2.05) is 30.3 Å². The molecule has 3 aromatic rings. The van der Waals surface area contributed by atoms with Crippen LogP contribution in [0.4, 0.5) is 0 Å². The lowest BCUT2D eigenvalue weighted by atomic mass is 10.0. The third-order valence-electron chi connectivity index (χ3n) is 3.54. The molecule has 18 heavy (non-hydrogen) atoms. The van der Waals surface area contributed by atoms with Crippen LogP contribution >= 0.6 is 0 Å². The summed E-state index contributed by atoms with van der Waals surface area (Å²) in [5.41, 5.74) is 4.74. The molecule has 1 aromatic heterocycles. The lowest BCUT2D eigenvalue weighted by molar-refractivity contribution is 0.476. The fraction of sp³-hybridized carbons (Fsp3) is 0.125. The standard InChI is InChI=1S/C16H15NO/c1-11-16(12-6-4-3-5-7-12)14-10-13(18)8-9-15(14)17(11)2/h3-10,18H,1-2H3. The van der Waals surface area contributed by atoms with Gasteiger partial charge in [-0.15, -0.1) is 0 Å². The maximum atomic E-state index is 9.69. The number of hydrogen-bond acceptors (Lipinski definition) is 1. The van der Waals surface area contributed by atoms with Crippen LogP contribution in [0.2, 0.25) is 0 Å². The van der Waals surface area contributed by atoms with Crippen LogP contribution in [0, 0.1) is 6.92 Å². The second-order valence-corrected chi connectivity index (χ2v) is 4.59. The molecule has 0 unspecified atom stereocenters. The number of aromatic hydroxyl groups is 1. The van der Waals surface area contributed by atoms with Crippen LogP contribution < -0.4 is 0 Å². The van der Waals surface area contributed by atoms with Crippen LogP contribution in [-0.2, 0) is 7.05 Å². The van der Waals surface area contributed by atoms with E-state index < -0.39 is 0 Å². The van der Waals surface area contributed by atoms with Crippen molar-refractivity contribution in [3.05, 3.63) is 54.2 Å². The highest BCUT2D eigenvalue weighted by atomic mass is 16.3. The number of benzene rings is 2. The first kappa shape index (κ1) is 10.9. The topological polar surface area (TPSA) is 25.2 Å². The molecule has 2 aromatic carbocycles. The van der Waals surface area contributed by atoms with E-state index in [4.69, 9.17) is 0 Å². The highest BCUT2D eigenvalue weighted by Crippen LogP contribution is 2.35. The van der Waals surface area contributed by atoms with Gasteiger partial charge in [0.25, 0.3) is 0 Å². The van der Waals surface area contributed by atoms with E-state index in [0.717, 1.165) is 10.9 Å². The molecule has 0 saturated heterocycles. The monoisotopic (exact) mass is 237 g/mol. The Morgan fingerprint density at radius 2 is 1.72 bits per heavy atom. The van der Waals surface area contributed by atoms with Crippen molar-refractivity contribution in [3.63, 3.8) is 0 Å². The van der Waals surface area contributed by atoms with Gasteiger partial charge in [0.2, 0.25) is 0 Å². The quantitative estimate of drug-likeness (QED) is 0.683. The van der Waals surface area contributed by atoms with Crippen LogP contribution in [0.3, 0.4) is 0 Å². The van der Waals surface area contributed by atoms with Gasteiger partial charge in [0.1, 0.15) is 5.75 Å². The van der Waals surface area contributed by atoms with Crippen LogP contribution in [-0.4, -0.2) is 9.67 Å². The lowest BCUT2D eigenvalue weighted by Crippen LogP contribution is -1.90. The minimum atomic E-state index is 0.310. The third-order valence-corrected chi connectivity index (χ3v) is 3.54. The molecular formula is C16H15NO. The molecule has 0 saturated carbocycles. The Balaban J connectivity index is 2.42. The maximum absolute atomic E-state index is 9.69. The van der Waals surface area contributed by atoms with Crippen molar-refractivity contribution in [1.29, 1.82) is 0 Å². The molecule has 1 heterocycles. The number of nitrogens with zero attached hydrogens (tertiary/aromatic N) is 1. The molecule has 2 nitrogen and oxygen atoms in total. The van der Waals surface area contributed by atoms with E-state index in [1.165, 1.54) is 16.8 Å². The minimum absolute atomic E-state index is 0.310. The molecular weight excluding hydrogens is 222 g/mol. The Morgan fingerprint density at radius 1 is 1.00 bits per heavy atom. The zero-order valence-electron chi connectivity index (χ0n) is 10.5. The number of hydrogen-bond donors (Lipinski definition) is 1. The second-order valence-electron chi connectivity index (χ2n) is 4.59. The fourth-order valence-corrected chi connectivity index (χ4v) is 2.53. The maximum Gasteiger partial charge on any atom is 0.116 e. The van der Waals surface area contributed by atoms with Gasteiger partial charge in [0, 0.05) is 29.2 Å². The SMILES string of the molecule is Cc1c(-c2ccccc2)c2cc(O)ccc2n1C. The summed E-state index contributed by atoms with van der Waals surface area (Å²) in [6.07, 6.45) is 0. The molecule has 0 amide bonds. The van der Waals surface area contributed by atoms with Gasteiger partial charge in [-0.05, 0) is 30.7 Å². The Hall–Kier alpha value is -2.22. The number of fused-ring (bicyclic) bond motifs is 1. The average Bonchev–Trinajstić information content (AvgIpc) is 2.63. The fourth-order valence-electron chi connectivity index (χ4n) is 2.53. The van der Waals surface area contributed by atoms with Crippen molar-refractivity contribution in [2.24, 2.45) is 7.05 Å². The smallest absolute Gasteiger partial charge is 0.116 e. The Bertz CT molecular complexity index is 711. The van der Waals surface area contributed by atoms with Gasteiger partial charge < -0.3 is 9.67 Å². The Kier molecular flexibility index (Phi) is 2.37. The zero-order chi connectivity index (χ0) is 12.7. The number of phenolic OH excluding ortho intramolecular Hbond substituents is 1. The third kappa shape index (κ3) is 1.50. The lowest BCUT2D eigenvalue weighted by Gasteiger charge is -2.02. The summed E-state index contributed by atoms with van der Waals surface area (Å²) in [4.78, 5) is 0. The first-order chi connectivity index (χ1) is 8.68. The first-order valence-electron chi connectivity index (χ1n) is 6.02. The number of phenols is 1. The summed E-state index contributed by atoms with van der Waals surface area (Å²) in [6, 6.07) is 15.8. The average molecular weight is 237 g/mol. The van der Waals surface area contributed by atoms with E-state index in [-0.39, 0.29) is 0 Å². The molecule has 0 fully saturated rings. The van der Waals surface area contributed by atoms with Gasteiger partial charge in [-0.25, -0.2) is 0 Å². The van der Waals surface area contributed by atoms with Crippen molar-refractivity contribution >= 4 is 10.9 Å². The molecule has 2 heteroatoms. The number of aromatic nitrogens is 1. The molecule has 0 aliphatic rings. The van der Waals surface area contributed by atoms with Crippen molar-refractivity contribution in [3.8, 4) is 16.9 Å². The van der Waals surface area contributed by atoms with E-state index in [1.54, 1.807) is 6.07 Å². The van der Waals surface area contributed by atoms with Gasteiger partial charge in [0.05, 0.1) is 0 Å². The van der Waals surface area contributed by atoms with Gasteiger partial charge in [-0.3, -0.25) is 0 Å². The van der Waals surface area contributed by atoms with Crippen LogP contribution in [0.15, 0.2) is 48.5 Å². The molecule has 0 spiro atoms. The first-order valence-corrected chi connectivity index (χ1v) is 6.02. The molecule has 0 aliphatic carbocycles. The molecule has 0 bridgehead atoms. The van der Waals surface area contributed by atoms with Crippen molar-refractivity contribution in [2.75, 3.05) is 0 Å². The summed E-state index contributed by atoms with van der Waals surface area (Å²) < 4.78 is 2.16. The molecule has 0 atom stereocenters. The van der Waals surface area contributed by atoms with Crippen LogP contribution in [0.5, 0.6) is 5.75 Å². The zero-order valence-corrected chi connectivity index (χ0v) is 10.5. The normalized spacial score (nSPS) is 11.0. The number of rotatable bonds is 1. The van der Waals surface area contributed by atoms with Gasteiger partial charge in [0.15, 0.2) is 0 Å². The van der Waals surface area contributed by atoms with E-state index in [2.05, 4.69) is 30.7 Å². The highest BCUT2D eigenvalue weighted by molar-refractivity contribution is 5.98. The van der Waals surface area contributed by atoms with Gasteiger partial charge in [-0.1, -0.05) is 30.3 Å². The van der Waals surface area contributed by atoms with E-state index in [0.29, 0.717) is 5.75 Å². The summed E-state index contributed by atoms with van der Waals surface area (Å²) in [6.45, 7) is 2.11. The summed E-state index contributed by atoms with van der Waals surface area (Å²) >= 11 is 0. The number of aryl methyl sites for hydroxylation is 1. The van der Waals surface area contributed by atoms with Crippen molar-refractivity contribution in [2.45, 2.75) is 6.92 Å². The van der Waals surface area contributed by atoms with Crippen LogP contribution in [0.1, 0.15) is 5.69 Å². The van der Waals surface area contributed by atoms with Crippen molar-refractivity contribution in [1.82, 2.24) is 4.57 Å². The highest BCUT2D eigenvalue weighted by Gasteiger charge is 2.13. The minimum Gasteiger partial charge on any atom is -0.508 e. The van der Waals surface area contributed by atoms with E-state index >= 15 is 0 Å². The van der Waals surface area contributed by atoms with Gasteiger partial charge >= 0.3 is 0 Å².